The monoisotopic (exact) mass is 406 g/mol. The van der Waals surface area contributed by atoms with Gasteiger partial charge in [0.2, 0.25) is 0 Å². The first-order valence-electron chi connectivity index (χ1n) is 9.38. The molecule has 1 aliphatic carbocycles. The number of amides is 2. The fourth-order valence-corrected chi connectivity index (χ4v) is 3.19. The molecule has 1 fully saturated rings. The predicted molar refractivity (Wildman–Crippen MR) is 103 cm³/mol. The van der Waals surface area contributed by atoms with Gasteiger partial charge in [0.25, 0.3) is 5.91 Å². The number of carboxylic acid groups (broad SMARTS) is 2. The van der Waals surface area contributed by atoms with Gasteiger partial charge in [0, 0.05) is 11.6 Å². The second-order valence-electron chi connectivity index (χ2n) is 8.03. The molecule has 1 aromatic rings. The Morgan fingerprint density at radius 1 is 0.862 bits per heavy atom. The summed E-state index contributed by atoms with van der Waals surface area (Å²) in [5.41, 5.74) is -1.30. The average Bonchev–Trinajstić information content (AvgIpc) is 2.61. The molecule has 0 radical (unpaired) electrons. The summed E-state index contributed by atoms with van der Waals surface area (Å²) in [6, 6.07) is 2.52. The van der Waals surface area contributed by atoms with Crippen molar-refractivity contribution in [3.8, 4) is 0 Å². The van der Waals surface area contributed by atoms with Gasteiger partial charge >= 0.3 is 18.0 Å². The van der Waals surface area contributed by atoms with Gasteiger partial charge in [-0.2, -0.15) is 0 Å². The van der Waals surface area contributed by atoms with Crippen LogP contribution in [-0.2, 0) is 4.74 Å². The van der Waals surface area contributed by atoms with Crippen molar-refractivity contribution in [3.63, 3.8) is 0 Å². The van der Waals surface area contributed by atoms with Crippen LogP contribution < -0.4 is 10.6 Å². The summed E-state index contributed by atoms with van der Waals surface area (Å²) in [4.78, 5) is 47.3. The molecule has 0 spiro atoms. The molecule has 1 aromatic carbocycles. The van der Waals surface area contributed by atoms with E-state index < -0.39 is 29.5 Å². The summed E-state index contributed by atoms with van der Waals surface area (Å²) in [6.45, 7) is 5.26. The Balaban J connectivity index is 2.16. The Morgan fingerprint density at radius 2 is 1.31 bits per heavy atom. The highest BCUT2D eigenvalue weighted by Crippen LogP contribution is 2.20. The summed E-state index contributed by atoms with van der Waals surface area (Å²) in [5, 5.41) is 23.9. The van der Waals surface area contributed by atoms with E-state index in [4.69, 9.17) is 14.9 Å². The van der Waals surface area contributed by atoms with Gasteiger partial charge in [-0.05, 0) is 51.8 Å². The molecule has 1 unspecified atom stereocenters. The van der Waals surface area contributed by atoms with Crippen LogP contribution in [0.3, 0.4) is 0 Å². The summed E-state index contributed by atoms with van der Waals surface area (Å²) in [5.74, 6) is -3.26. The summed E-state index contributed by atoms with van der Waals surface area (Å²) in [6.07, 6.45) is 2.43. The van der Waals surface area contributed by atoms with E-state index in [2.05, 4.69) is 10.6 Å². The van der Waals surface area contributed by atoms with E-state index >= 15 is 0 Å². The van der Waals surface area contributed by atoms with Crippen LogP contribution in [0.5, 0.6) is 0 Å². The number of ether oxygens (including phenoxy) is 1. The van der Waals surface area contributed by atoms with E-state index in [1.54, 1.807) is 20.8 Å². The van der Waals surface area contributed by atoms with Crippen molar-refractivity contribution < 1.29 is 34.1 Å². The van der Waals surface area contributed by atoms with Gasteiger partial charge in [-0.1, -0.05) is 12.8 Å². The molecule has 0 saturated heterocycles. The van der Waals surface area contributed by atoms with E-state index in [9.17, 15) is 19.2 Å². The van der Waals surface area contributed by atoms with Gasteiger partial charge in [-0.3, -0.25) is 4.79 Å². The zero-order chi connectivity index (χ0) is 21.8. The number of carbonyl (C=O) groups excluding carboxylic acids is 2. The number of hydrogen-bond acceptors (Lipinski definition) is 5. The lowest BCUT2D eigenvalue weighted by atomic mass is 9.90. The highest BCUT2D eigenvalue weighted by Gasteiger charge is 2.30. The maximum atomic E-state index is 12.7. The first-order valence-corrected chi connectivity index (χ1v) is 9.38. The quantitative estimate of drug-likeness (QED) is 0.589. The zero-order valence-corrected chi connectivity index (χ0v) is 16.7. The number of benzene rings is 1. The van der Waals surface area contributed by atoms with Crippen LogP contribution in [0.15, 0.2) is 18.2 Å². The molecule has 0 aromatic heterocycles. The molecule has 1 saturated carbocycles. The molecule has 1 aliphatic rings. The molecule has 0 bridgehead atoms. The Morgan fingerprint density at radius 3 is 1.76 bits per heavy atom. The normalized spacial score (nSPS) is 19.1. The number of carboxylic acids is 2. The molecular formula is C20H26N2O7. The van der Waals surface area contributed by atoms with Crippen molar-refractivity contribution in [3.05, 3.63) is 34.9 Å². The molecule has 0 heterocycles. The lowest BCUT2D eigenvalue weighted by Crippen LogP contribution is -2.53. The van der Waals surface area contributed by atoms with Crippen molar-refractivity contribution in [2.75, 3.05) is 0 Å². The SMILES string of the molecule is CC(C)(C)OC(=O)N[C@@H]1CCCCC1NC(=O)c1cc(C(=O)O)cc(C(=O)O)c1. The second kappa shape index (κ2) is 8.93. The predicted octanol–water partition coefficient (Wildman–Crippen LogP) is 2.65. The highest BCUT2D eigenvalue weighted by molar-refractivity contribution is 6.01. The standard InChI is InChI=1S/C20H26N2O7/c1-20(2,3)29-19(28)22-15-7-5-4-6-14(15)21-16(23)11-8-12(17(24)25)10-13(9-11)18(26)27/h8-10,14-15H,4-7H2,1-3H3,(H,21,23)(H,22,28)(H,24,25)(H,26,27)/t14?,15-/m1/s1. The number of hydrogen-bond donors (Lipinski definition) is 4. The first kappa shape index (κ1) is 22.2. The topological polar surface area (TPSA) is 142 Å². The van der Waals surface area contributed by atoms with Gasteiger partial charge in [0.1, 0.15) is 5.60 Å². The number of rotatable bonds is 5. The van der Waals surface area contributed by atoms with Crippen LogP contribution in [0.1, 0.15) is 77.5 Å². The Bertz CT molecular complexity index is 781. The maximum absolute atomic E-state index is 12.7. The van der Waals surface area contributed by atoms with Crippen LogP contribution in [0.4, 0.5) is 4.79 Å². The van der Waals surface area contributed by atoms with Crippen molar-refractivity contribution >= 4 is 23.9 Å². The fraction of sp³-hybridized carbons (Fsp3) is 0.500. The van der Waals surface area contributed by atoms with E-state index in [0.29, 0.717) is 12.8 Å². The smallest absolute Gasteiger partial charge is 0.407 e. The molecule has 2 rings (SSSR count). The number of nitrogens with one attached hydrogen (secondary N) is 2. The van der Waals surface area contributed by atoms with E-state index in [1.807, 2.05) is 0 Å². The van der Waals surface area contributed by atoms with Crippen molar-refractivity contribution in [2.45, 2.75) is 64.1 Å². The lowest BCUT2D eigenvalue weighted by Gasteiger charge is -2.33. The van der Waals surface area contributed by atoms with E-state index in [-0.39, 0.29) is 28.8 Å². The Labute approximate surface area is 168 Å². The minimum atomic E-state index is -1.33. The molecule has 9 nitrogen and oxygen atoms in total. The Hall–Kier alpha value is -3.10. The third kappa shape index (κ3) is 6.48. The molecule has 2 atom stereocenters. The van der Waals surface area contributed by atoms with E-state index in [0.717, 1.165) is 31.0 Å². The largest absolute Gasteiger partial charge is 0.478 e. The summed E-state index contributed by atoms with van der Waals surface area (Å²) < 4.78 is 5.27. The van der Waals surface area contributed by atoms with Crippen LogP contribution in [0.25, 0.3) is 0 Å². The van der Waals surface area contributed by atoms with Crippen LogP contribution in [0, 0.1) is 0 Å². The molecule has 9 heteroatoms. The maximum Gasteiger partial charge on any atom is 0.407 e. The first-order chi connectivity index (χ1) is 13.5. The lowest BCUT2D eigenvalue weighted by molar-refractivity contribution is 0.0473. The third-order valence-electron chi connectivity index (χ3n) is 4.47. The van der Waals surface area contributed by atoms with E-state index in [1.165, 1.54) is 0 Å². The summed E-state index contributed by atoms with van der Waals surface area (Å²) >= 11 is 0. The fourth-order valence-electron chi connectivity index (χ4n) is 3.19. The molecule has 0 aliphatic heterocycles. The average molecular weight is 406 g/mol. The minimum absolute atomic E-state index is 0.0658. The van der Waals surface area contributed by atoms with Gasteiger partial charge in [-0.15, -0.1) is 0 Å². The Kier molecular flexibility index (Phi) is 6.84. The van der Waals surface area contributed by atoms with Crippen LogP contribution in [0.2, 0.25) is 0 Å². The molecule has 158 valence electrons. The number of aromatic carboxylic acids is 2. The van der Waals surface area contributed by atoms with Crippen molar-refractivity contribution in [2.24, 2.45) is 0 Å². The third-order valence-corrected chi connectivity index (χ3v) is 4.47. The van der Waals surface area contributed by atoms with Gasteiger partial charge in [0.15, 0.2) is 0 Å². The molecule has 2 amide bonds. The molecular weight excluding hydrogens is 380 g/mol. The summed E-state index contributed by atoms with van der Waals surface area (Å²) in [7, 11) is 0. The molecule has 29 heavy (non-hydrogen) atoms. The molecule has 4 N–H and O–H groups in total. The van der Waals surface area contributed by atoms with Gasteiger partial charge in [-0.25, -0.2) is 14.4 Å². The van der Waals surface area contributed by atoms with Crippen molar-refractivity contribution in [1.82, 2.24) is 10.6 Å². The van der Waals surface area contributed by atoms with Crippen LogP contribution >= 0.6 is 0 Å². The second-order valence-corrected chi connectivity index (χ2v) is 8.03. The minimum Gasteiger partial charge on any atom is -0.478 e. The van der Waals surface area contributed by atoms with Gasteiger partial charge < -0.3 is 25.6 Å². The van der Waals surface area contributed by atoms with Crippen LogP contribution in [-0.4, -0.2) is 51.8 Å². The number of alkyl carbamates (subject to hydrolysis) is 1. The zero-order valence-electron chi connectivity index (χ0n) is 16.7. The van der Waals surface area contributed by atoms with Crippen molar-refractivity contribution in [1.29, 1.82) is 0 Å². The van der Waals surface area contributed by atoms with Gasteiger partial charge in [0.05, 0.1) is 17.2 Å². The number of carbonyl (C=O) groups is 4. The highest BCUT2D eigenvalue weighted by atomic mass is 16.6.